The molecule has 18 heavy (non-hydrogen) atoms. The van der Waals surface area contributed by atoms with Crippen LogP contribution in [0.15, 0.2) is 28.7 Å². The molecule has 4 bridgehead atoms. The molecule has 4 aliphatic carbocycles. The lowest BCUT2D eigenvalue weighted by Crippen LogP contribution is -2.57. The van der Waals surface area contributed by atoms with Crippen molar-refractivity contribution in [2.45, 2.75) is 49.5 Å². The molecule has 1 N–H and O–H groups in total. The van der Waals surface area contributed by atoms with Crippen molar-refractivity contribution in [2.24, 2.45) is 11.8 Å². The van der Waals surface area contributed by atoms with E-state index in [4.69, 9.17) is 0 Å². The van der Waals surface area contributed by atoms with Crippen LogP contribution in [0.5, 0.6) is 0 Å². The molecule has 1 nitrogen and oxygen atoms in total. The zero-order chi connectivity index (χ0) is 12.4. The van der Waals surface area contributed by atoms with Crippen LogP contribution in [0.4, 0.5) is 0 Å². The number of rotatable bonds is 1. The summed E-state index contributed by atoms with van der Waals surface area (Å²) in [5.41, 5.74) is 1.38. The highest BCUT2D eigenvalue weighted by molar-refractivity contribution is 9.10. The van der Waals surface area contributed by atoms with Gasteiger partial charge in [0.1, 0.15) is 0 Å². The molecule has 0 heterocycles. The van der Waals surface area contributed by atoms with E-state index in [0.717, 1.165) is 35.6 Å². The molecule has 5 rings (SSSR count). The second-order valence-electron chi connectivity index (χ2n) is 6.97. The molecule has 0 spiro atoms. The number of benzene rings is 1. The van der Waals surface area contributed by atoms with Crippen molar-refractivity contribution in [1.82, 2.24) is 0 Å². The Bertz CT molecular complexity index is 464. The lowest BCUT2D eigenvalue weighted by molar-refractivity contribution is -0.137. The quantitative estimate of drug-likeness (QED) is 0.830. The van der Waals surface area contributed by atoms with E-state index in [-0.39, 0.29) is 11.0 Å². The number of halogens is 1. The molecule has 1 aromatic rings. The Balaban J connectivity index is 1.77. The van der Waals surface area contributed by atoms with E-state index in [1.54, 1.807) is 0 Å². The van der Waals surface area contributed by atoms with Crippen LogP contribution in [0.2, 0.25) is 0 Å². The van der Waals surface area contributed by atoms with Crippen molar-refractivity contribution in [3.8, 4) is 0 Å². The van der Waals surface area contributed by atoms with Gasteiger partial charge in [-0.25, -0.2) is 0 Å². The lowest BCUT2D eigenvalue weighted by Gasteiger charge is -2.60. The van der Waals surface area contributed by atoms with Gasteiger partial charge in [-0.05, 0) is 73.5 Å². The molecule has 0 saturated heterocycles. The fourth-order valence-electron chi connectivity index (χ4n) is 5.36. The Morgan fingerprint density at radius 1 is 1.00 bits per heavy atom. The summed E-state index contributed by atoms with van der Waals surface area (Å²) in [5.74, 6) is 1.53. The third-order valence-corrected chi connectivity index (χ3v) is 6.02. The van der Waals surface area contributed by atoms with E-state index in [9.17, 15) is 5.11 Å². The Labute approximate surface area is 117 Å². The van der Waals surface area contributed by atoms with Crippen LogP contribution in [0.3, 0.4) is 0 Å². The van der Waals surface area contributed by atoms with Crippen LogP contribution in [-0.4, -0.2) is 10.7 Å². The Kier molecular flexibility index (Phi) is 2.30. The minimum absolute atomic E-state index is 0.277. The third-order valence-electron chi connectivity index (χ3n) is 5.49. The van der Waals surface area contributed by atoms with Crippen molar-refractivity contribution in [1.29, 1.82) is 0 Å². The van der Waals surface area contributed by atoms with Gasteiger partial charge < -0.3 is 5.11 Å². The maximum Gasteiger partial charge on any atom is 0.0661 e. The van der Waals surface area contributed by atoms with Gasteiger partial charge in [-0.3, -0.25) is 0 Å². The Morgan fingerprint density at radius 3 is 2.17 bits per heavy atom. The highest BCUT2D eigenvalue weighted by atomic mass is 79.9. The molecule has 4 fully saturated rings. The van der Waals surface area contributed by atoms with Crippen molar-refractivity contribution >= 4 is 15.9 Å². The van der Waals surface area contributed by atoms with Crippen molar-refractivity contribution in [3.63, 3.8) is 0 Å². The fraction of sp³-hybridized carbons (Fsp3) is 0.625. The standard InChI is InChI=1S/C16H19BrO/c17-14-3-1-13(2-4-14)15-6-11-5-12(7-15)9-16(18,8-11)10-15/h1-4,11-12,18H,5-10H2/t11-,12+,15?,16?. The van der Waals surface area contributed by atoms with Crippen molar-refractivity contribution in [2.75, 3.05) is 0 Å². The maximum atomic E-state index is 10.8. The zero-order valence-electron chi connectivity index (χ0n) is 10.5. The van der Waals surface area contributed by atoms with Gasteiger partial charge in [0.2, 0.25) is 0 Å². The molecule has 0 aromatic heterocycles. The van der Waals surface area contributed by atoms with Gasteiger partial charge in [0, 0.05) is 4.47 Å². The lowest BCUT2D eigenvalue weighted by atomic mass is 9.46. The summed E-state index contributed by atoms with van der Waals surface area (Å²) in [4.78, 5) is 0. The minimum Gasteiger partial charge on any atom is -0.390 e. The largest absolute Gasteiger partial charge is 0.390 e. The third kappa shape index (κ3) is 1.61. The van der Waals surface area contributed by atoms with E-state index in [1.165, 1.54) is 24.8 Å². The smallest absolute Gasteiger partial charge is 0.0661 e. The van der Waals surface area contributed by atoms with Crippen LogP contribution < -0.4 is 0 Å². The first kappa shape index (κ1) is 11.5. The van der Waals surface area contributed by atoms with E-state index in [0.29, 0.717) is 0 Å². The van der Waals surface area contributed by atoms with E-state index < -0.39 is 0 Å². The van der Waals surface area contributed by atoms with Crippen LogP contribution in [0.1, 0.15) is 44.1 Å². The van der Waals surface area contributed by atoms with Gasteiger partial charge in [-0.15, -0.1) is 0 Å². The van der Waals surface area contributed by atoms with Gasteiger partial charge in [0.05, 0.1) is 5.60 Å². The zero-order valence-corrected chi connectivity index (χ0v) is 12.1. The van der Waals surface area contributed by atoms with Gasteiger partial charge in [-0.1, -0.05) is 28.1 Å². The highest BCUT2D eigenvalue weighted by Crippen LogP contribution is 2.62. The summed E-state index contributed by atoms with van der Waals surface area (Å²) in [6.45, 7) is 0. The van der Waals surface area contributed by atoms with Crippen LogP contribution in [0.25, 0.3) is 0 Å². The van der Waals surface area contributed by atoms with Crippen molar-refractivity contribution in [3.05, 3.63) is 34.3 Å². The summed E-state index contributed by atoms with van der Waals surface area (Å²) < 4.78 is 1.15. The fourth-order valence-corrected chi connectivity index (χ4v) is 5.62. The van der Waals surface area contributed by atoms with Crippen LogP contribution in [-0.2, 0) is 5.41 Å². The summed E-state index contributed by atoms with van der Waals surface area (Å²) >= 11 is 3.52. The molecular weight excluding hydrogens is 288 g/mol. The highest BCUT2D eigenvalue weighted by Gasteiger charge is 2.57. The van der Waals surface area contributed by atoms with Crippen molar-refractivity contribution < 1.29 is 5.11 Å². The normalized spacial score (nSPS) is 45.4. The average molecular weight is 307 g/mol. The molecular formula is C16H19BrO. The van der Waals surface area contributed by atoms with Crippen LogP contribution in [0, 0.1) is 11.8 Å². The number of aliphatic hydroxyl groups is 1. The Hall–Kier alpha value is -0.340. The number of hydrogen-bond donors (Lipinski definition) is 1. The summed E-state index contributed by atoms with van der Waals surface area (Å²) in [5, 5.41) is 10.8. The first-order valence-corrected chi connectivity index (χ1v) is 7.85. The SMILES string of the molecule is OC12C[C@H]3C[C@@H](C1)CC(c1ccc(Br)cc1)(C3)C2. The first-order valence-electron chi connectivity index (χ1n) is 7.05. The molecule has 2 heteroatoms. The minimum atomic E-state index is -0.350. The molecule has 0 aliphatic heterocycles. The van der Waals surface area contributed by atoms with E-state index >= 15 is 0 Å². The molecule has 4 saturated carbocycles. The average Bonchev–Trinajstić information content (AvgIpc) is 2.26. The van der Waals surface area contributed by atoms with Gasteiger partial charge in [0.25, 0.3) is 0 Å². The molecule has 0 radical (unpaired) electrons. The predicted octanol–water partition coefficient (Wildman–Crippen LogP) is 4.03. The van der Waals surface area contributed by atoms with Gasteiger partial charge in [-0.2, -0.15) is 0 Å². The van der Waals surface area contributed by atoms with Crippen LogP contribution >= 0.6 is 15.9 Å². The second kappa shape index (κ2) is 3.61. The van der Waals surface area contributed by atoms with Gasteiger partial charge in [0.15, 0.2) is 0 Å². The molecule has 4 atom stereocenters. The second-order valence-corrected chi connectivity index (χ2v) is 7.89. The predicted molar refractivity (Wildman–Crippen MR) is 75.5 cm³/mol. The van der Waals surface area contributed by atoms with Gasteiger partial charge >= 0.3 is 0 Å². The maximum absolute atomic E-state index is 10.8. The molecule has 4 aliphatic rings. The monoisotopic (exact) mass is 306 g/mol. The molecule has 2 unspecified atom stereocenters. The summed E-state index contributed by atoms with van der Waals surface area (Å²) in [6.07, 6.45) is 7.07. The Morgan fingerprint density at radius 2 is 1.61 bits per heavy atom. The number of hydrogen-bond acceptors (Lipinski definition) is 1. The molecule has 0 amide bonds. The molecule has 96 valence electrons. The van der Waals surface area contributed by atoms with E-state index in [2.05, 4.69) is 40.2 Å². The summed E-state index contributed by atoms with van der Waals surface area (Å²) in [6, 6.07) is 8.83. The summed E-state index contributed by atoms with van der Waals surface area (Å²) in [7, 11) is 0. The molecule has 1 aromatic carbocycles. The first-order chi connectivity index (χ1) is 8.57. The topological polar surface area (TPSA) is 20.2 Å². The van der Waals surface area contributed by atoms with E-state index in [1.807, 2.05) is 0 Å².